The average molecular weight is 355 g/mol. The average Bonchev–Trinajstić information content (AvgIpc) is 3.24. The molecule has 25 heavy (non-hydrogen) atoms. The molecule has 0 atom stereocenters. The fraction of sp³-hybridized carbons (Fsp3) is 0.167. The zero-order chi connectivity index (χ0) is 17.2. The Labute approximate surface area is 149 Å². The highest BCUT2D eigenvalue weighted by Crippen LogP contribution is 2.21. The summed E-state index contributed by atoms with van der Waals surface area (Å²) in [6, 6.07) is 11.2. The van der Waals surface area contributed by atoms with Gasteiger partial charge < -0.3 is 10.1 Å². The number of hydrogen-bond donors (Lipinski definition) is 1. The van der Waals surface area contributed by atoms with Crippen LogP contribution in [0.5, 0.6) is 0 Å². The number of nitrogens with one attached hydrogen (secondary N) is 1. The van der Waals surface area contributed by atoms with Gasteiger partial charge in [-0.15, -0.1) is 5.10 Å². The third-order valence-corrected chi connectivity index (χ3v) is 4.26. The van der Waals surface area contributed by atoms with E-state index in [0.717, 1.165) is 11.1 Å². The van der Waals surface area contributed by atoms with Crippen LogP contribution in [0.3, 0.4) is 0 Å². The number of carbonyl (C=O) groups is 1. The monoisotopic (exact) mass is 354 g/mol. The highest BCUT2D eigenvalue weighted by molar-refractivity contribution is 6.32. The van der Waals surface area contributed by atoms with Gasteiger partial charge in [-0.05, 0) is 28.8 Å². The molecule has 3 aromatic rings. The number of anilines is 1. The molecule has 0 saturated carbocycles. The third-order valence-electron chi connectivity index (χ3n) is 3.96. The third kappa shape index (κ3) is 3.40. The van der Waals surface area contributed by atoms with Gasteiger partial charge in [-0.2, -0.15) is 0 Å². The number of aromatic nitrogens is 3. The summed E-state index contributed by atoms with van der Waals surface area (Å²) in [4.78, 5) is 16.4. The lowest BCUT2D eigenvalue weighted by Gasteiger charge is -2.05. The lowest BCUT2D eigenvalue weighted by Crippen LogP contribution is -2.15. The maximum Gasteiger partial charge on any atom is 0.229 e. The second kappa shape index (κ2) is 6.66. The van der Waals surface area contributed by atoms with E-state index in [1.807, 2.05) is 18.2 Å². The Morgan fingerprint density at radius 2 is 2.12 bits per heavy atom. The van der Waals surface area contributed by atoms with Crippen molar-refractivity contribution in [3.05, 3.63) is 70.5 Å². The van der Waals surface area contributed by atoms with Crippen LogP contribution in [-0.2, 0) is 29.2 Å². The van der Waals surface area contributed by atoms with E-state index in [2.05, 4.69) is 15.4 Å². The SMILES string of the molecule is O=C(Cc1ccc2c(c1)COC2)Nc1ccn(-c2ncccc2Cl)n1. The molecule has 1 amide bonds. The summed E-state index contributed by atoms with van der Waals surface area (Å²) < 4.78 is 6.93. The molecule has 4 rings (SSSR count). The zero-order valence-corrected chi connectivity index (χ0v) is 14.0. The van der Waals surface area contributed by atoms with Crippen molar-refractivity contribution in [3.63, 3.8) is 0 Å². The lowest BCUT2D eigenvalue weighted by molar-refractivity contribution is -0.115. The summed E-state index contributed by atoms with van der Waals surface area (Å²) in [7, 11) is 0. The molecule has 3 heterocycles. The molecule has 0 spiro atoms. The number of rotatable bonds is 4. The molecule has 7 heteroatoms. The minimum atomic E-state index is -0.128. The van der Waals surface area contributed by atoms with E-state index in [1.165, 1.54) is 10.2 Å². The van der Waals surface area contributed by atoms with Gasteiger partial charge in [0.05, 0.1) is 24.7 Å². The summed E-state index contributed by atoms with van der Waals surface area (Å²) in [6.45, 7) is 1.26. The molecular formula is C18H15ClN4O2. The number of fused-ring (bicyclic) bond motifs is 1. The Kier molecular flexibility index (Phi) is 4.21. The van der Waals surface area contributed by atoms with Gasteiger partial charge in [-0.1, -0.05) is 29.8 Å². The molecule has 0 fully saturated rings. The van der Waals surface area contributed by atoms with Crippen molar-refractivity contribution >= 4 is 23.3 Å². The van der Waals surface area contributed by atoms with Crippen LogP contribution in [0.1, 0.15) is 16.7 Å². The summed E-state index contributed by atoms with van der Waals surface area (Å²) in [5, 5.41) is 7.58. The van der Waals surface area contributed by atoms with Crippen molar-refractivity contribution in [2.75, 3.05) is 5.32 Å². The van der Waals surface area contributed by atoms with Gasteiger partial charge in [-0.25, -0.2) is 9.67 Å². The fourth-order valence-corrected chi connectivity index (χ4v) is 2.97. The molecule has 1 aliphatic rings. The molecule has 0 bridgehead atoms. The number of ether oxygens (including phenoxy) is 1. The maximum absolute atomic E-state index is 12.3. The van der Waals surface area contributed by atoms with Gasteiger partial charge >= 0.3 is 0 Å². The lowest BCUT2D eigenvalue weighted by atomic mass is 10.0. The molecule has 1 aliphatic heterocycles. The topological polar surface area (TPSA) is 69.0 Å². The van der Waals surface area contributed by atoms with Crippen LogP contribution in [0.15, 0.2) is 48.8 Å². The van der Waals surface area contributed by atoms with Crippen LogP contribution in [-0.4, -0.2) is 20.7 Å². The van der Waals surface area contributed by atoms with Crippen molar-refractivity contribution in [3.8, 4) is 5.82 Å². The second-order valence-corrected chi connectivity index (χ2v) is 6.18. The quantitative estimate of drug-likeness (QED) is 0.781. The van der Waals surface area contributed by atoms with Crippen LogP contribution in [0.4, 0.5) is 5.82 Å². The predicted octanol–water partition coefficient (Wildman–Crippen LogP) is 3.13. The second-order valence-electron chi connectivity index (χ2n) is 5.78. The maximum atomic E-state index is 12.3. The first kappa shape index (κ1) is 15.8. The van der Waals surface area contributed by atoms with E-state index in [1.54, 1.807) is 30.6 Å². The largest absolute Gasteiger partial charge is 0.372 e. The molecule has 0 aliphatic carbocycles. The number of carbonyl (C=O) groups excluding carboxylic acids is 1. The first-order chi connectivity index (χ1) is 12.2. The van der Waals surface area contributed by atoms with Crippen LogP contribution < -0.4 is 5.32 Å². The Morgan fingerprint density at radius 1 is 1.24 bits per heavy atom. The van der Waals surface area contributed by atoms with E-state index in [9.17, 15) is 4.79 Å². The number of amides is 1. The zero-order valence-electron chi connectivity index (χ0n) is 13.3. The minimum Gasteiger partial charge on any atom is -0.372 e. The van der Waals surface area contributed by atoms with Crippen molar-refractivity contribution in [2.45, 2.75) is 19.6 Å². The molecule has 0 saturated heterocycles. The molecule has 2 aromatic heterocycles. The minimum absolute atomic E-state index is 0.128. The van der Waals surface area contributed by atoms with E-state index in [0.29, 0.717) is 29.9 Å². The van der Waals surface area contributed by atoms with Crippen LogP contribution >= 0.6 is 11.6 Å². The van der Waals surface area contributed by atoms with Crippen molar-refractivity contribution in [2.24, 2.45) is 0 Å². The molecular weight excluding hydrogens is 340 g/mol. The number of benzene rings is 1. The first-order valence-corrected chi connectivity index (χ1v) is 8.22. The number of hydrogen-bond acceptors (Lipinski definition) is 4. The van der Waals surface area contributed by atoms with Crippen LogP contribution in [0.2, 0.25) is 5.02 Å². The summed E-state index contributed by atoms with van der Waals surface area (Å²) in [6.07, 6.45) is 3.62. The highest BCUT2D eigenvalue weighted by atomic mass is 35.5. The normalized spacial score (nSPS) is 12.8. The molecule has 0 radical (unpaired) electrons. The van der Waals surface area contributed by atoms with Gasteiger partial charge in [0.25, 0.3) is 0 Å². The van der Waals surface area contributed by atoms with Gasteiger partial charge in [0.2, 0.25) is 5.91 Å². The highest BCUT2D eigenvalue weighted by Gasteiger charge is 2.13. The molecule has 1 N–H and O–H groups in total. The molecule has 126 valence electrons. The summed E-state index contributed by atoms with van der Waals surface area (Å²) >= 11 is 6.11. The van der Waals surface area contributed by atoms with E-state index < -0.39 is 0 Å². The Balaban J connectivity index is 1.44. The molecule has 1 aromatic carbocycles. The van der Waals surface area contributed by atoms with Crippen molar-refractivity contribution < 1.29 is 9.53 Å². The Hall–Kier alpha value is -2.70. The smallest absolute Gasteiger partial charge is 0.229 e. The standard InChI is InChI=1S/C18H15ClN4O2/c19-15-2-1-6-20-18(15)23-7-5-16(22-23)21-17(24)9-12-3-4-13-10-25-11-14(13)8-12/h1-8H,9-11H2,(H,21,22,24). The van der Waals surface area contributed by atoms with Crippen molar-refractivity contribution in [1.82, 2.24) is 14.8 Å². The van der Waals surface area contributed by atoms with Gasteiger partial charge in [-0.3, -0.25) is 4.79 Å². The fourth-order valence-electron chi connectivity index (χ4n) is 2.76. The summed E-state index contributed by atoms with van der Waals surface area (Å²) in [5.74, 6) is 0.843. The van der Waals surface area contributed by atoms with Gasteiger partial charge in [0.15, 0.2) is 11.6 Å². The number of halogens is 1. The van der Waals surface area contributed by atoms with Crippen LogP contribution in [0, 0.1) is 0 Å². The number of nitrogens with zero attached hydrogens (tertiary/aromatic N) is 3. The van der Waals surface area contributed by atoms with E-state index in [4.69, 9.17) is 16.3 Å². The molecule has 0 unspecified atom stereocenters. The Bertz CT molecular complexity index is 938. The van der Waals surface area contributed by atoms with E-state index >= 15 is 0 Å². The van der Waals surface area contributed by atoms with Crippen molar-refractivity contribution in [1.29, 1.82) is 0 Å². The molecule has 6 nitrogen and oxygen atoms in total. The summed E-state index contributed by atoms with van der Waals surface area (Å²) in [5.41, 5.74) is 3.29. The van der Waals surface area contributed by atoms with E-state index in [-0.39, 0.29) is 12.3 Å². The van der Waals surface area contributed by atoms with Gasteiger partial charge in [0, 0.05) is 18.5 Å². The van der Waals surface area contributed by atoms with Crippen LogP contribution in [0.25, 0.3) is 5.82 Å². The Morgan fingerprint density at radius 3 is 3.00 bits per heavy atom. The first-order valence-electron chi connectivity index (χ1n) is 7.84. The number of pyridine rings is 1. The predicted molar refractivity (Wildman–Crippen MR) is 93.6 cm³/mol. The van der Waals surface area contributed by atoms with Gasteiger partial charge in [0.1, 0.15) is 0 Å².